The molecule has 9 nitrogen and oxygen atoms in total. The molecule has 0 aliphatic rings. The van der Waals surface area contributed by atoms with Gasteiger partial charge in [0.25, 0.3) is 0 Å². The Bertz CT molecular complexity index is 1410. The highest BCUT2D eigenvalue weighted by molar-refractivity contribution is 7.89. The van der Waals surface area contributed by atoms with Crippen LogP contribution in [0, 0.1) is 0 Å². The van der Waals surface area contributed by atoms with Crippen LogP contribution in [0.25, 0.3) is 11.0 Å². The largest absolute Gasteiger partial charge is 0.497 e. The van der Waals surface area contributed by atoms with Gasteiger partial charge in [-0.25, -0.2) is 8.42 Å². The Morgan fingerprint density at radius 3 is 2.53 bits per heavy atom. The molecule has 1 heterocycles. The normalized spacial score (nSPS) is 12.3. The van der Waals surface area contributed by atoms with Crippen molar-refractivity contribution in [3.05, 3.63) is 72.3 Å². The average molecular weight is 499 g/mol. The fourth-order valence-electron chi connectivity index (χ4n) is 3.42. The van der Waals surface area contributed by atoms with E-state index >= 15 is 0 Å². The molecule has 0 spiro atoms. The molecule has 4 rings (SSSR count). The number of hydrogen-bond donors (Lipinski definition) is 2. The van der Waals surface area contributed by atoms with Gasteiger partial charge in [-0.15, -0.1) is 0 Å². The molecule has 2 N–H and O–H groups in total. The van der Waals surface area contributed by atoms with E-state index in [4.69, 9.17) is 9.47 Å². The molecule has 1 aromatic heterocycles. The zero-order chi connectivity index (χ0) is 24.1. The van der Waals surface area contributed by atoms with E-state index in [2.05, 4.69) is 18.8 Å². The SMILES string of the molecule is COc1ccc(OC)c(NC(=O)[C@H](Cc2ccccc2)NS(=O)(=O)c2cccc3nsnc23)c1. The molecule has 3 aromatic carbocycles. The Labute approximate surface area is 201 Å². The molecule has 176 valence electrons. The highest BCUT2D eigenvalue weighted by Crippen LogP contribution is 2.29. The zero-order valence-corrected chi connectivity index (χ0v) is 20.0. The molecule has 1 atom stereocenters. The lowest BCUT2D eigenvalue weighted by atomic mass is 10.1. The summed E-state index contributed by atoms with van der Waals surface area (Å²) >= 11 is 0.923. The smallest absolute Gasteiger partial charge is 0.243 e. The fraction of sp³-hybridized carbons (Fsp3) is 0.174. The van der Waals surface area contributed by atoms with Crippen LogP contribution in [0.15, 0.2) is 71.6 Å². The Balaban J connectivity index is 1.67. The third-order valence-electron chi connectivity index (χ3n) is 5.10. The number of carbonyl (C=O) groups excluding carboxylic acids is 1. The number of carbonyl (C=O) groups is 1. The second kappa shape index (κ2) is 10.2. The molecule has 4 aromatic rings. The molecule has 0 radical (unpaired) electrons. The molecule has 0 bridgehead atoms. The van der Waals surface area contributed by atoms with Crippen molar-refractivity contribution in [2.45, 2.75) is 17.4 Å². The molecule has 0 saturated carbocycles. The summed E-state index contributed by atoms with van der Waals surface area (Å²) in [6.07, 6.45) is 0.128. The molecule has 11 heteroatoms. The highest BCUT2D eigenvalue weighted by atomic mass is 32.2. The number of methoxy groups -OCH3 is 2. The first-order chi connectivity index (χ1) is 16.4. The molecule has 0 aliphatic carbocycles. The van der Waals surface area contributed by atoms with E-state index < -0.39 is 22.0 Å². The third kappa shape index (κ3) is 5.16. The first-order valence-corrected chi connectivity index (χ1v) is 12.4. The molecule has 0 unspecified atom stereocenters. The number of aromatic nitrogens is 2. The van der Waals surface area contributed by atoms with Gasteiger partial charge in [0.05, 0.1) is 31.6 Å². The molecule has 34 heavy (non-hydrogen) atoms. The topological polar surface area (TPSA) is 120 Å². The maximum absolute atomic E-state index is 13.3. The number of rotatable bonds is 9. The van der Waals surface area contributed by atoms with Gasteiger partial charge >= 0.3 is 0 Å². The van der Waals surface area contributed by atoms with Crippen molar-refractivity contribution in [1.82, 2.24) is 13.5 Å². The lowest BCUT2D eigenvalue weighted by Crippen LogP contribution is -2.45. The van der Waals surface area contributed by atoms with E-state index in [1.807, 2.05) is 30.3 Å². The van der Waals surface area contributed by atoms with Crippen molar-refractivity contribution in [2.75, 3.05) is 19.5 Å². The standard InChI is InChI=1S/C23H22N4O5S2/c1-31-16-11-12-20(32-2)18(14-16)24-23(28)19(13-15-7-4-3-5-8-15)27-34(29,30)21-10-6-9-17-22(21)26-33-25-17/h3-12,14,19,27H,13H2,1-2H3,(H,24,28)/t19-/m0/s1. The minimum Gasteiger partial charge on any atom is -0.497 e. The van der Waals surface area contributed by atoms with Crippen LogP contribution in [0.3, 0.4) is 0 Å². The van der Waals surface area contributed by atoms with Gasteiger partial charge in [-0.05, 0) is 36.2 Å². The summed E-state index contributed by atoms with van der Waals surface area (Å²) in [6.45, 7) is 0. The summed E-state index contributed by atoms with van der Waals surface area (Å²) in [7, 11) is -1.12. The summed E-state index contributed by atoms with van der Waals surface area (Å²) in [5, 5.41) is 2.77. The van der Waals surface area contributed by atoms with E-state index in [1.54, 1.807) is 30.3 Å². The van der Waals surface area contributed by atoms with Crippen LogP contribution in [0.4, 0.5) is 5.69 Å². The second-order valence-corrected chi connectivity index (χ2v) is 9.52. The monoisotopic (exact) mass is 498 g/mol. The molecule has 0 aliphatic heterocycles. The van der Waals surface area contributed by atoms with E-state index in [-0.39, 0.29) is 16.8 Å². The number of benzene rings is 3. The van der Waals surface area contributed by atoms with E-state index in [9.17, 15) is 13.2 Å². The van der Waals surface area contributed by atoms with Crippen molar-refractivity contribution < 1.29 is 22.7 Å². The van der Waals surface area contributed by atoms with Crippen molar-refractivity contribution in [2.24, 2.45) is 0 Å². The van der Waals surface area contributed by atoms with E-state index in [0.717, 1.165) is 17.3 Å². The molecule has 1 amide bonds. The predicted octanol–water partition coefficient (Wildman–Crippen LogP) is 3.24. The van der Waals surface area contributed by atoms with Gasteiger partial charge in [0, 0.05) is 6.07 Å². The Kier molecular flexibility index (Phi) is 7.06. The van der Waals surface area contributed by atoms with Crippen LogP contribution >= 0.6 is 11.7 Å². The number of hydrogen-bond acceptors (Lipinski definition) is 8. The number of ether oxygens (including phenoxy) is 2. The quantitative estimate of drug-likeness (QED) is 0.364. The minimum atomic E-state index is -4.10. The van der Waals surface area contributed by atoms with Crippen molar-refractivity contribution in [3.63, 3.8) is 0 Å². The highest BCUT2D eigenvalue weighted by Gasteiger charge is 2.29. The van der Waals surface area contributed by atoms with Crippen LogP contribution in [0.1, 0.15) is 5.56 Å². The summed E-state index contributed by atoms with van der Waals surface area (Å²) in [5.74, 6) is 0.371. The van der Waals surface area contributed by atoms with Gasteiger partial charge < -0.3 is 14.8 Å². The van der Waals surface area contributed by atoms with Gasteiger partial charge in [-0.2, -0.15) is 13.5 Å². The van der Waals surface area contributed by atoms with Gasteiger partial charge in [0.2, 0.25) is 15.9 Å². The van der Waals surface area contributed by atoms with Crippen molar-refractivity contribution in [1.29, 1.82) is 0 Å². The maximum atomic E-state index is 13.3. The molecule has 0 saturated heterocycles. The predicted molar refractivity (Wildman–Crippen MR) is 130 cm³/mol. The molecule has 0 fully saturated rings. The van der Waals surface area contributed by atoms with Crippen LogP contribution < -0.4 is 19.5 Å². The lowest BCUT2D eigenvalue weighted by Gasteiger charge is -2.20. The molecular weight excluding hydrogens is 476 g/mol. The van der Waals surface area contributed by atoms with Crippen LogP contribution in [-0.2, 0) is 21.2 Å². The summed E-state index contributed by atoms with van der Waals surface area (Å²) in [6, 6.07) is 17.7. The lowest BCUT2D eigenvalue weighted by molar-refractivity contribution is -0.117. The van der Waals surface area contributed by atoms with Gasteiger partial charge in [-0.3, -0.25) is 4.79 Å². The summed E-state index contributed by atoms with van der Waals surface area (Å²) < 4.78 is 48.0. The zero-order valence-electron chi connectivity index (χ0n) is 18.4. The van der Waals surface area contributed by atoms with Gasteiger partial charge in [0.15, 0.2) is 0 Å². The van der Waals surface area contributed by atoms with E-state index in [1.165, 1.54) is 20.3 Å². The Morgan fingerprint density at radius 1 is 1.00 bits per heavy atom. The first kappa shape index (κ1) is 23.6. The number of nitrogens with zero attached hydrogens (tertiary/aromatic N) is 2. The number of anilines is 1. The summed E-state index contributed by atoms with van der Waals surface area (Å²) in [5.41, 5.74) is 1.87. The average Bonchev–Trinajstić information content (AvgIpc) is 3.33. The van der Waals surface area contributed by atoms with Crippen molar-refractivity contribution >= 4 is 44.4 Å². The number of sulfonamides is 1. The van der Waals surface area contributed by atoms with Crippen molar-refractivity contribution in [3.8, 4) is 11.5 Å². The second-order valence-electron chi connectivity index (χ2n) is 7.31. The van der Waals surface area contributed by atoms with Crippen LogP contribution in [-0.4, -0.2) is 43.3 Å². The Hall–Kier alpha value is -3.54. The maximum Gasteiger partial charge on any atom is 0.243 e. The number of fused-ring (bicyclic) bond motifs is 1. The Morgan fingerprint density at radius 2 is 1.79 bits per heavy atom. The molecular formula is C23H22N4O5S2. The van der Waals surface area contributed by atoms with Gasteiger partial charge in [-0.1, -0.05) is 36.4 Å². The number of amides is 1. The van der Waals surface area contributed by atoms with E-state index in [0.29, 0.717) is 22.7 Å². The van der Waals surface area contributed by atoms with Gasteiger partial charge in [0.1, 0.15) is 33.5 Å². The summed E-state index contributed by atoms with van der Waals surface area (Å²) in [4.78, 5) is 13.3. The fourth-order valence-corrected chi connectivity index (χ4v) is 5.38. The number of nitrogens with one attached hydrogen (secondary N) is 2. The van der Waals surface area contributed by atoms with Crippen LogP contribution in [0.5, 0.6) is 11.5 Å². The minimum absolute atomic E-state index is 0.0384. The first-order valence-electron chi connectivity index (χ1n) is 10.2. The van der Waals surface area contributed by atoms with Crippen LogP contribution in [0.2, 0.25) is 0 Å². The third-order valence-corrected chi connectivity index (χ3v) is 7.15.